The Morgan fingerprint density at radius 3 is 2.79 bits per heavy atom. The van der Waals surface area contributed by atoms with Crippen LogP contribution < -0.4 is 5.73 Å². The SMILES string of the molecule is Cc1ncsc1C(=O)N([C@@H]1CCc2c(F)cccc21)[C@@H](C(N)=O)c1cccnc1. The fourth-order valence-corrected chi connectivity index (χ4v) is 4.69. The van der Waals surface area contributed by atoms with Gasteiger partial charge in [-0.05, 0) is 43.0 Å². The molecule has 0 radical (unpaired) electrons. The van der Waals surface area contributed by atoms with Crippen LogP contribution in [0.4, 0.5) is 4.39 Å². The number of hydrogen-bond donors (Lipinski definition) is 1. The second kappa shape index (κ2) is 7.71. The van der Waals surface area contributed by atoms with Crippen LogP contribution in [0.2, 0.25) is 0 Å². The standard InChI is InChI=1S/C21H19FN4O2S/c1-12-19(29-11-25-12)21(28)26(18(20(23)27)13-4-3-9-24-10-13)17-8-7-14-15(17)5-2-6-16(14)22/h2-6,9-11,17-18H,7-8H2,1H3,(H2,23,27)/t17-,18-/m1/s1. The third-order valence-corrected chi connectivity index (χ3v) is 6.16. The van der Waals surface area contributed by atoms with Crippen LogP contribution in [0.3, 0.4) is 0 Å². The summed E-state index contributed by atoms with van der Waals surface area (Å²) in [6.07, 6.45) is 4.10. The lowest BCUT2D eigenvalue weighted by molar-refractivity contribution is -0.123. The Bertz CT molecular complexity index is 1070. The molecule has 2 N–H and O–H groups in total. The number of aromatic nitrogens is 2. The second-order valence-electron chi connectivity index (χ2n) is 6.93. The molecule has 6 nitrogen and oxygen atoms in total. The van der Waals surface area contributed by atoms with Crippen LogP contribution in [0.25, 0.3) is 0 Å². The summed E-state index contributed by atoms with van der Waals surface area (Å²) >= 11 is 1.21. The quantitative estimate of drug-likeness (QED) is 0.699. The van der Waals surface area contributed by atoms with E-state index in [4.69, 9.17) is 5.73 Å². The van der Waals surface area contributed by atoms with E-state index >= 15 is 0 Å². The number of nitrogens with two attached hydrogens (primary N) is 1. The number of pyridine rings is 1. The van der Waals surface area contributed by atoms with Crippen LogP contribution in [-0.2, 0) is 11.2 Å². The molecular weight excluding hydrogens is 391 g/mol. The molecule has 29 heavy (non-hydrogen) atoms. The number of thiazole rings is 1. The Kier molecular flexibility index (Phi) is 5.10. The lowest BCUT2D eigenvalue weighted by atomic mass is 10.00. The molecule has 1 aliphatic carbocycles. The van der Waals surface area contributed by atoms with Crippen LogP contribution in [0, 0.1) is 12.7 Å². The highest BCUT2D eigenvalue weighted by Gasteiger charge is 2.40. The summed E-state index contributed by atoms with van der Waals surface area (Å²) in [4.78, 5) is 36.3. The van der Waals surface area contributed by atoms with Crippen LogP contribution in [-0.4, -0.2) is 26.7 Å². The summed E-state index contributed by atoms with van der Waals surface area (Å²) in [5.74, 6) is -1.32. The molecule has 0 fully saturated rings. The Labute approximate surface area is 171 Å². The maximum absolute atomic E-state index is 14.3. The van der Waals surface area contributed by atoms with Gasteiger partial charge in [0, 0.05) is 18.0 Å². The van der Waals surface area contributed by atoms with Crippen molar-refractivity contribution < 1.29 is 14.0 Å². The number of hydrogen-bond acceptors (Lipinski definition) is 5. The first-order valence-electron chi connectivity index (χ1n) is 9.18. The smallest absolute Gasteiger partial charge is 0.267 e. The summed E-state index contributed by atoms with van der Waals surface area (Å²) in [6, 6.07) is 6.73. The number of primary amides is 1. The Morgan fingerprint density at radius 2 is 2.14 bits per heavy atom. The van der Waals surface area contributed by atoms with Crippen molar-refractivity contribution in [2.24, 2.45) is 5.73 Å². The van der Waals surface area contributed by atoms with E-state index in [-0.39, 0.29) is 11.7 Å². The molecule has 3 aromatic rings. The highest BCUT2D eigenvalue weighted by atomic mass is 32.1. The molecule has 0 saturated heterocycles. The van der Waals surface area contributed by atoms with E-state index in [0.717, 1.165) is 0 Å². The molecule has 8 heteroatoms. The number of nitrogens with zero attached hydrogens (tertiary/aromatic N) is 3. The fraction of sp³-hybridized carbons (Fsp3) is 0.238. The molecule has 2 heterocycles. The maximum Gasteiger partial charge on any atom is 0.267 e. The number of halogens is 1. The molecule has 4 rings (SSSR count). The Morgan fingerprint density at radius 1 is 1.31 bits per heavy atom. The Balaban J connectivity index is 1.87. The fourth-order valence-electron chi connectivity index (χ4n) is 3.94. The van der Waals surface area contributed by atoms with E-state index in [1.807, 2.05) is 0 Å². The van der Waals surface area contributed by atoms with Gasteiger partial charge in [-0.1, -0.05) is 18.2 Å². The van der Waals surface area contributed by atoms with Crippen LogP contribution in [0.15, 0.2) is 48.2 Å². The molecular formula is C21H19FN4O2S. The predicted octanol–water partition coefficient (Wildman–Crippen LogP) is 3.34. The summed E-state index contributed by atoms with van der Waals surface area (Å²) in [5.41, 5.74) is 9.73. The molecule has 2 atom stereocenters. The van der Waals surface area contributed by atoms with Gasteiger partial charge in [-0.3, -0.25) is 14.6 Å². The first kappa shape index (κ1) is 19.2. The number of carbonyl (C=O) groups is 2. The molecule has 1 aliphatic rings. The van der Waals surface area contributed by atoms with E-state index in [2.05, 4.69) is 9.97 Å². The van der Waals surface area contributed by atoms with Gasteiger partial charge in [-0.2, -0.15) is 0 Å². The molecule has 0 spiro atoms. The number of amides is 2. The number of aryl methyl sites for hydroxylation is 1. The van der Waals surface area contributed by atoms with Crippen LogP contribution in [0.5, 0.6) is 0 Å². The van der Waals surface area contributed by atoms with E-state index in [1.54, 1.807) is 42.9 Å². The molecule has 148 valence electrons. The average Bonchev–Trinajstić information content (AvgIpc) is 3.33. The van der Waals surface area contributed by atoms with Gasteiger partial charge in [-0.25, -0.2) is 9.37 Å². The lowest BCUT2D eigenvalue weighted by Gasteiger charge is -2.35. The maximum atomic E-state index is 14.3. The van der Waals surface area contributed by atoms with Crippen LogP contribution in [0.1, 0.15) is 50.6 Å². The number of benzene rings is 1. The molecule has 2 aromatic heterocycles. The first-order valence-corrected chi connectivity index (χ1v) is 10.1. The van der Waals surface area contributed by atoms with E-state index in [1.165, 1.54) is 28.5 Å². The highest BCUT2D eigenvalue weighted by molar-refractivity contribution is 7.11. The zero-order valence-corrected chi connectivity index (χ0v) is 16.5. The van der Waals surface area contributed by atoms with Gasteiger partial charge < -0.3 is 10.6 Å². The van der Waals surface area contributed by atoms with Crippen molar-refractivity contribution >= 4 is 23.2 Å². The van der Waals surface area contributed by atoms with Crippen molar-refractivity contribution in [1.82, 2.24) is 14.9 Å². The van der Waals surface area contributed by atoms with Gasteiger partial charge >= 0.3 is 0 Å². The zero-order valence-electron chi connectivity index (χ0n) is 15.7. The van der Waals surface area contributed by atoms with Crippen molar-refractivity contribution in [2.45, 2.75) is 31.8 Å². The van der Waals surface area contributed by atoms with E-state index in [0.29, 0.717) is 40.1 Å². The lowest BCUT2D eigenvalue weighted by Crippen LogP contribution is -2.43. The molecule has 1 aromatic carbocycles. The van der Waals surface area contributed by atoms with E-state index in [9.17, 15) is 14.0 Å². The van der Waals surface area contributed by atoms with Gasteiger partial charge in [0.2, 0.25) is 5.91 Å². The van der Waals surface area contributed by atoms with Crippen molar-refractivity contribution in [1.29, 1.82) is 0 Å². The van der Waals surface area contributed by atoms with Gasteiger partial charge in [0.05, 0.1) is 17.2 Å². The van der Waals surface area contributed by atoms with Crippen molar-refractivity contribution in [3.8, 4) is 0 Å². The van der Waals surface area contributed by atoms with E-state index < -0.39 is 18.0 Å². The minimum atomic E-state index is -1.03. The minimum absolute atomic E-state index is 0.302. The normalized spacial score (nSPS) is 16.3. The summed E-state index contributed by atoms with van der Waals surface area (Å²) < 4.78 is 14.3. The minimum Gasteiger partial charge on any atom is -0.368 e. The number of carbonyl (C=O) groups excluding carboxylic acids is 2. The zero-order chi connectivity index (χ0) is 20.5. The molecule has 0 saturated carbocycles. The average molecular weight is 410 g/mol. The number of rotatable bonds is 5. The highest BCUT2D eigenvalue weighted by Crippen LogP contribution is 2.42. The summed E-state index contributed by atoms with van der Waals surface area (Å²) in [5, 5.41) is 0. The second-order valence-corrected chi connectivity index (χ2v) is 7.79. The summed E-state index contributed by atoms with van der Waals surface area (Å²) in [6.45, 7) is 1.74. The first-order chi connectivity index (χ1) is 14.0. The third-order valence-electron chi connectivity index (χ3n) is 5.24. The third kappa shape index (κ3) is 3.40. The summed E-state index contributed by atoms with van der Waals surface area (Å²) in [7, 11) is 0. The van der Waals surface area contributed by atoms with Crippen molar-refractivity contribution in [3.63, 3.8) is 0 Å². The largest absolute Gasteiger partial charge is 0.368 e. The van der Waals surface area contributed by atoms with Gasteiger partial charge in [0.1, 0.15) is 16.7 Å². The van der Waals surface area contributed by atoms with Gasteiger partial charge in [0.25, 0.3) is 5.91 Å². The van der Waals surface area contributed by atoms with Gasteiger partial charge in [0.15, 0.2) is 0 Å². The molecule has 0 bridgehead atoms. The van der Waals surface area contributed by atoms with Gasteiger partial charge in [-0.15, -0.1) is 11.3 Å². The number of fused-ring (bicyclic) bond motifs is 1. The topological polar surface area (TPSA) is 89.2 Å². The Hall–Kier alpha value is -3.13. The van der Waals surface area contributed by atoms with Crippen LogP contribution >= 0.6 is 11.3 Å². The monoisotopic (exact) mass is 410 g/mol. The molecule has 2 amide bonds. The molecule has 0 unspecified atom stereocenters. The predicted molar refractivity (Wildman–Crippen MR) is 107 cm³/mol. The van der Waals surface area contributed by atoms with Crippen molar-refractivity contribution in [2.75, 3.05) is 0 Å². The van der Waals surface area contributed by atoms with Crippen molar-refractivity contribution in [3.05, 3.63) is 81.3 Å². The molecule has 0 aliphatic heterocycles.